The van der Waals surface area contributed by atoms with E-state index in [1.54, 1.807) is 14.2 Å². The number of benzene rings is 3. The van der Waals surface area contributed by atoms with Gasteiger partial charge in [0.15, 0.2) is 11.5 Å². The molecule has 184 valence electrons. The molecule has 0 unspecified atom stereocenters. The number of rotatable bonds is 11. The van der Waals surface area contributed by atoms with E-state index in [1.165, 1.54) is 16.6 Å². The molecule has 0 fully saturated rings. The lowest BCUT2D eigenvalue weighted by Crippen LogP contribution is -2.07. The van der Waals surface area contributed by atoms with Crippen molar-refractivity contribution in [1.82, 2.24) is 9.55 Å². The lowest BCUT2D eigenvalue weighted by atomic mass is 10.0. The second kappa shape index (κ2) is 11.3. The first kappa shape index (κ1) is 24.6. The van der Waals surface area contributed by atoms with Crippen LogP contribution in [0.15, 0.2) is 60.7 Å². The summed E-state index contributed by atoms with van der Waals surface area (Å²) in [5.41, 5.74) is 5.84. The number of aromatic nitrogens is 2. The Labute approximate surface area is 208 Å². The molecule has 1 aromatic heterocycles. The number of unbranched alkanes of at least 4 members (excludes halogenated alkanes) is 1. The number of fused-ring (bicyclic) bond motifs is 1. The van der Waals surface area contributed by atoms with Crippen molar-refractivity contribution in [3.8, 4) is 17.2 Å². The van der Waals surface area contributed by atoms with E-state index in [-0.39, 0.29) is 0 Å². The predicted octanol–water partition coefficient (Wildman–Crippen LogP) is 6.94. The summed E-state index contributed by atoms with van der Waals surface area (Å²) in [6.45, 7) is 8.14. The fourth-order valence-corrected chi connectivity index (χ4v) is 4.48. The van der Waals surface area contributed by atoms with Gasteiger partial charge >= 0.3 is 0 Å². The highest BCUT2D eigenvalue weighted by atomic mass is 16.5. The smallest absolute Gasteiger partial charge is 0.161 e. The van der Waals surface area contributed by atoms with Gasteiger partial charge < -0.3 is 18.8 Å². The Morgan fingerprint density at radius 1 is 0.857 bits per heavy atom. The van der Waals surface area contributed by atoms with Crippen LogP contribution in [0.4, 0.5) is 0 Å². The molecular weight excluding hydrogens is 436 g/mol. The molecule has 0 atom stereocenters. The van der Waals surface area contributed by atoms with Gasteiger partial charge in [-0.2, -0.15) is 0 Å². The van der Waals surface area contributed by atoms with E-state index in [0.717, 1.165) is 60.0 Å². The van der Waals surface area contributed by atoms with Gasteiger partial charge in [-0.3, -0.25) is 0 Å². The molecule has 0 radical (unpaired) electrons. The highest BCUT2D eigenvalue weighted by Crippen LogP contribution is 2.30. The average molecular weight is 473 g/mol. The Morgan fingerprint density at radius 3 is 2.43 bits per heavy atom. The van der Waals surface area contributed by atoms with E-state index in [1.807, 2.05) is 18.2 Å². The van der Waals surface area contributed by atoms with Crippen LogP contribution < -0.4 is 14.2 Å². The molecule has 1 heterocycles. The summed E-state index contributed by atoms with van der Waals surface area (Å²) in [5, 5.41) is 0. The Morgan fingerprint density at radius 2 is 1.66 bits per heavy atom. The largest absolute Gasteiger partial charge is 0.493 e. The monoisotopic (exact) mass is 472 g/mol. The van der Waals surface area contributed by atoms with Gasteiger partial charge in [-0.25, -0.2) is 4.98 Å². The number of hydrogen-bond donors (Lipinski definition) is 0. The first-order chi connectivity index (χ1) is 17.0. The molecule has 0 spiro atoms. The average Bonchev–Trinajstić information content (AvgIpc) is 3.20. The third-order valence-corrected chi connectivity index (χ3v) is 6.37. The number of hydrogen-bond acceptors (Lipinski definition) is 4. The quantitative estimate of drug-likeness (QED) is 0.222. The number of imidazole rings is 1. The van der Waals surface area contributed by atoms with Crippen molar-refractivity contribution in [1.29, 1.82) is 0 Å². The van der Waals surface area contributed by atoms with Gasteiger partial charge in [0.25, 0.3) is 0 Å². The van der Waals surface area contributed by atoms with Crippen molar-refractivity contribution in [3.63, 3.8) is 0 Å². The first-order valence-corrected chi connectivity index (χ1v) is 12.4. The van der Waals surface area contributed by atoms with E-state index in [2.05, 4.69) is 67.8 Å². The van der Waals surface area contributed by atoms with Crippen molar-refractivity contribution < 1.29 is 14.2 Å². The SMILES string of the molecule is COc1ccc(Cc2nc3ccccc3n2CCCCOc2cc(C)ccc2C(C)C)cc1OC. The maximum absolute atomic E-state index is 6.21. The van der Waals surface area contributed by atoms with Crippen molar-refractivity contribution in [2.24, 2.45) is 0 Å². The fraction of sp³-hybridized carbons (Fsp3) is 0.367. The first-order valence-electron chi connectivity index (χ1n) is 12.4. The van der Waals surface area contributed by atoms with Crippen LogP contribution in [0.2, 0.25) is 0 Å². The molecule has 4 rings (SSSR count). The second-order valence-electron chi connectivity index (χ2n) is 9.29. The Balaban J connectivity index is 1.45. The van der Waals surface area contributed by atoms with E-state index in [0.29, 0.717) is 12.5 Å². The van der Waals surface area contributed by atoms with Crippen LogP contribution in [-0.4, -0.2) is 30.4 Å². The van der Waals surface area contributed by atoms with E-state index < -0.39 is 0 Å². The molecule has 0 aliphatic rings. The van der Waals surface area contributed by atoms with Crippen LogP contribution in [0.25, 0.3) is 11.0 Å². The van der Waals surface area contributed by atoms with Gasteiger partial charge in [-0.1, -0.05) is 44.2 Å². The molecule has 0 bridgehead atoms. The van der Waals surface area contributed by atoms with E-state index in [4.69, 9.17) is 19.2 Å². The number of ether oxygens (including phenoxy) is 3. The zero-order valence-corrected chi connectivity index (χ0v) is 21.5. The topological polar surface area (TPSA) is 45.5 Å². The molecule has 0 N–H and O–H groups in total. The number of aryl methyl sites for hydroxylation is 2. The highest BCUT2D eigenvalue weighted by molar-refractivity contribution is 5.76. The molecular formula is C30H36N2O3. The van der Waals surface area contributed by atoms with Crippen LogP contribution in [-0.2, 0) is 13.0 Å². The van der Waals surface area contributed by atoms with E-state index >= 15 is 0 Å². The number of methoxy groups -OCH3 is 2. The molecule has 0 aliphatic heterocycles. The molecule has 0 saturated carbocycles. The van der Waals surface area contributed by atoms with Crippen LogP contribution in [0.5, 0.6) is 17.2 Å². The van der Waals surface area contributed by atoms with Crippen LogP contribution in [0.1, 0.15) is 55.1 Å². The molecule has 5 nitrogen and oxygen atoms in total. The van der Waals surface area contributed by atoms with Gasteiger partial charge in [0.05, 0.1) is 31.9 Å². The molecule has 4 aromatic rings. The van der Waals surface area contributed by atoms with Crippen molar-refractivity contribution >= 4 is 11.0 Å². The third-order valence-electron chi connectivity index (χ3n) is 6.37. The Kier molecular flexibility index (Phi) is 7.96. The van der Waals surface area contributed by atoms with Crippen molar-refractivity contribution in [3.05, 3.63) is 83.2 Å². The van der Waals surface area contributed by atoms with Gasteiger partial charge in [0.1, 0.15) is 11.6 Å². The van der Waals surface area contributed by atoms with Crippen LogP contribution in [0.3, 0.4) is 0 Å². The summed E-state index contributed by atoms with van der Waals surface area (Å²) in [4.78, 5) is 4.95. The van der Waals surface area contributed by atoms with Crippen molar-refractivity contribution in [2.45, 2.75) is 52.5 Å². The molecule has 3 aromatic carbocycles. The maximum Gasteiger partial charge on any atom is 0.161 e. The Bertz CT molecular complexity index is 1280. The van der Waals surface area contributed by atoms with Gasteiger partial charge in [0, 0.05) is 13.0 Å². The van der Waals surface area contributed by atoms with Gasteiger partial charge in [-0.05, 0) is 72.7 Å². The zero-order chi connectivity index (χ0) is 24.8. The third kappa shape index (κ3) is 5.79. The minimum atomic E-state index is 0.446. The van der Waals surface area contributed by atoms with E-state index in [9.17, 15) is 0 Å². The maximum atomic E-state index is 6.21. The lowest BCUT2D eigenvalue weighted by molar-refractivity contribution is 0.299. The van der Waals surface area contributed by atoms with Crippen molar-refractivity contribution in [2.75, 3.05) is 20.8 Å². The van der Waals surface area contributed by atoms with Crippen LogP contribution >= 0.6 is 0 Å². The molecule has 5 heteroatoms. The minimum Gasteiger partial charge on any atom is -0.493 e. The Hall–Kier alpha value is -3.47. The standard InChI is InChI=1S/C30H36N2O3/c1-21(2)24-14-12-22(3)18-28(24)35-17-9-8-16-32-26-11-7-6-10-25(26)31-30(32)20-23-13-15-27(33-4)29(19-23)34-5/h6-7,10-15,18-19,21H,8-9,16-17,20H2,1-5H3. The zero-order valence-electron chi connectivity index (χ0n) is 21.5. The summed E-state index contributed by atoms with van der Waals surface area (Å²) < 4.78 is 19.4. The molecule has 0 saturated heterocycles. The summed E-state index contributed by atoms with van der Waals surface area (Å²) in [7, 11) is 3.32. The number of para-hydroxylation sites is 2. The molecule has 35 heavy (non-hydrogen) atoms. The normalized spacial score (nSPS) is 11.3. The van der Waals surface area contributed by atoms with Gasteiger partial charge in [0.2, 0.25) is 0 Å². The lowest BCUT2D eigenvalue weighted by Gasteiger charge is -2.15. The summed E-state index contributed by atoms with van der Waals surface area (Å²) in [6, 6.07) is 20.9. The number of nitrogens with zero attached hydrogens (tertiary/aromatic N) is 2. The van der Waals surface area contributed by atoms with Gasteiger partial charge in [-0.15, -0.1) is 0 Å². The molecule has 0 aliphatic carbocycles. The summed E-state index contributed by atoms with van der Waals surface area (Å²) >= 11 is 0. The summed E-state index contributed by atoms with van der Waals surface area (Å²) in [6.07, 6.45) is 2.72. The minimum absolute atomic E-state index is 0.446. The molecule has 0 amide bonds. The summed E-state index contributed by atoms with van der Waals surface area (Å²) in [5.74, 6) is 3.99. The predicted molar refractivity (Wildman–Crippen MR) is 142 cm³/mol. The van der Waals surface area contributed by atoms with Crippen LogP contribution in [0, 0.1) is 6.92 Å². The highest BCUT2D eigenvalue weighted by Gasteiger charge is 2.13. The second-order valence-corrected chi connectivity index (χ2v) is 9.29. The fourth-order valence-electron chi connectivity index (χ4n) is 4.48.